The number of nitrogens with one attached hydrogen (secondary N) is 1. The molecule has 10 heteroatoms. The van der Waals surface area contributed by atoms with E-state index in [1.54, 1.807) is 37.3 Å². The maximum absolute atomic E-state index is 13.3. The fraction of sp³-hybridized carbons (Fsp3) is 0.360. The van der Waals surface area contributed by atoms with Gasteiger partial charge in [0, 0.05) is 11.5 Å². The fourth-order valence-corrected chi connectivity index (χ4v) is 3.67. The van der Waals surface area contributed by atoms with E-state index < -0.39 is 35.6 Å². The Hall–Kier alpha value is -4.08. The van der Waals surface area contributed by atoms with Gasteiger partial charge < -0.3 is 14.2 Å². The number of rotatable bonds is 8. The van der Waals surface area contributed by atoms with Crippen molar-refractivity contribution in [1.82, 2.24) is 10.4 Å². The highest BCUT2D eigenvalue weighted by Crippen LogP contribution is 2.29. The molecule has 0 saturated carbocycles. The molecular weight excluding hydrogens is 454 g/mol. The molecule has 4 amide bonds. The van der Waals surface area contributed by atoms with Crippen LogP contribution in [0.5, 0.6) is 17.2 Å². The zero-order valence-corrected chi connectivity index (χ0v) is 20.4. The van der Waals surface area contributed by atoms with Gasteiger partial charge in [0.15, 0.2) is 11.5 Å². The Balaban J connectivity index is 1.91. The molecule has 1 fully saturated rings. The number of imide groups is 1. The first kappa shape index (κ1) is 25.5. The molecule has 35 heavy (non-hydrogen) atoms. The highest BCUT2D eigenvalue weighted by atomic mass is 16.5. The van der Waals surface area contributed by atoms with Crippen molar-refractivity contribution in [3.8, 4) is 17.2 Å². The van der Waals surface area contributed by atoms with Crippen LogP contribution in [0.25, 0.3) is 0 Å². The SMILES string of the molecule is CC[C@@H](C)C(=O)N(NC(=O)c1ccc(OC)c(OC)c1)[C@@H]1CC(=O)N(c2ccc(OC)cc2)C1=O. The van der Waals surface area contributed by atoms with Crippen molar-refractivity contribution in [1.29, 1.82) is 0 Å². The zero-order valence-electron chi connectivity index (χ0n) is 20.4. The largest absolute Gasteiger partial charge is 0.497 e. The third kappa shape index (κ3) is 5.21. The molecule has 0 spiro atoms. The summed E-state index contributed by atoms with van der Waals surface area (Å²) < 4.78 is 15.6. The standard InChI is InChI=1S/C25H29N3O7/c1-6-15(2)24(31)28(26-23(30)16-7-12-20(34-4)21(13-16)35-5)19-14-22(29)27(25(19)32)17-8-10-18(33-3)11-9-17/h7-13,15,19H,6,14H2,1-5H3,(H,26,30)/t15-,19-/m1/s1. The first-order valence-electron chi connectivity index (χ1n) is 11.1. The van der Waals surface area contributed by atoms with E-state index in [4.69, 9.17) is 14.2 Å². The van der Waals surface area contributed by atoms with Crippen LogP contribution in [0.15, 0.2) is 42.5 Å². The van der Waals surface area contributed by atoms with Crippen molar-refractivity contribution in [3.63, 3.8) is 0 Å². The molecule has 2 aromatic carbocycles. The highest BCUT2D eigenvalue weighted by Gasteiger charge is 2.46. The number of hydrogen-bond acceptors (Lipinski definition) is 7. The number of anilines is 1. The third-order valence-electron chi connectivity index (χ3n) is 5.90. The molecule has 0 bridgehead atoms. The molecule has 1 aliphatic rings. The molecular formula is C25H29N3O7. The van der Waals surface area contributed by atoms with Gasteiger partial charge in [-0.2, -0.15) is 0 Å². The lowest BCUT2D eigenvalue weighted by atomic mass is 10.1. The highest BCUT2D eigenvalue weighted by molar-refractivity contribution is 6.23. The molecule has 3 rings (SSSR count). The topological polar surface area (TPSA) is 114 Å². The van der Waals surface area contributed by atoms with Gasteiger partial charge in [-0.3, -0.25) is 24.6 Å². The minimum absolute atomic E-state index is 0.188. The van der Waals surface area contributed by atoms with Crippen LogP contribution in [0.2, 0.25) is 0 Å². The Morgan fingerprint density at radius 1 is 1.03 bits per heavy atom. The van der Waals surface area contributed by atoms with Crippen LogP contribution < -0.4 is 24.5 Å². The van der Waals surface area contributed by atoms with Crippen molar-refractivity contribution < 1.29 is 33.4 Å². The van der Waals surface area contributed by atoms with Crippen molar-refractivity contribution in [2.75, 3.05) is 26.2 Å². The van der Waals surface area contributed by atoms with Crippen molar-refractivity contribution in [2.24, 2.45) is 5.92 Å². The quantitative estimate of drug-likeness (QED) is 0.453. The van der Waals surface area contributed by atoms with Crippen LogP contribution >= 0.6 is 0 Å². The molecule has 10 nitrogen and oxygen atoms in total. The number of carbonyl (C=O) groups is 4. The minimum Gasteiger partial charge on any atom is -0.497 e. The van der Waals surface area contributed by atoms with Gasteiger partial charge in [0.1, 0.15) is 11.8 Å². The molecule has 1 N–H and O–H groups in total. The molecule has 1 aliphatic heterocycles. The predicted molar refractivity (Wildman–Crippen MR) is 127 cm³/mol. The third-order valence-corrected chi connectivity index (χ3v) is 5.90. The summed E-state index contributed by atoms with van der Waals surface area (Å²) in [5.74, 6) is -1.34. The van der Waals surface area contributed by atoms with Gasteiger partial charge in [-0.1, -0.05) is 13.8 Å². The molecule has 0 aromatic heterocycles. The molecule has 0 aliphatic carbocycles. The molecule has 186 valence electrons. The maximum Gasteiger partial charge on any atom is 0.270 e. The Kier molecular flexibility index (Phi) is 7.95. The van der Waals surface area contributed by atoms with Gasteiger partial charge in [0.25, 0.3) is 11.8 Å². The zero-order chi connectivity index (χ0) is 25.7. The summed E-state index contributed by atoms with van der Waals surface area (Å²) in [6, 6.07) is 9.77. The number of benzene rings is 2. The molecule has 0 radical (unpaired) electrons. The van der Waals surface area contributed by atoms with Gasteiger partial charge in [-0.15, -0.1) is 0 Å². The van der Waals surface area contributed by atoms with Crippen LogP contribution in [0.1, 0.15) is 37.0 Å². The van der Waals surface area contributed by atoms with Crippen molar-refractivity contribution >= 4 is 29.3 Å². The molecule has 2 atom stereocenters. The van der Waals surface area contributed by atoms with Crippen LogP contribution in [-0.4, -0.2) is 56.0 Å². The predicted octanol–water partition coefficient (Wildman–Crippen LogP) is 2.56. The second-order valence-corrected chi connectivity index (χ2v) is 8.01. The van der Waals surface area contributed by atoms with E-state index in [0.29, 0.717) is 29.4 Å². The van der Waals surface area contributed by atoms with Gasteiger partial charge in [-0.25, -0.2) is 9.91 Å². The number of nitrogens with zero attached hydrogens (tertiary/aromatic N) is 2. The Morgan fingerprint density at radius 2 is 1.69 bits per heavy atom. The van der Waals surface area contributed by atoms with E-state index in [1.807, 2.05) is 6.92 Å². The summed E-state index contributed by atoms with van der Waals surface area (Å²) in [6.45, 7) is 3.52. The number of ether oxygens (including phenoxy) is 3. The van der Waals surface area contributed by atoms with Crippen LogP contribution in [0.4, 0.5) is 5.69 Å². The normalized spacial score (nSPS) is 16.0. The maximum atomic E-state index is 13.3. The number of hydrogen-bond donors (Lipinski definition) is 1. The fourth-order valence-electron chi connectivity index (χ4n) is 3.67. The number of methoxy groups -OCH3 is 3. The lowest BCUT2D eigenvalue weighted by Crippen LogP contribution is -2.56. The minimum atomic E-state index is -1.19. The summed E-state index contributed by atoms with van der Waals surface area (Å²) in [6.07, 6.45) is 0.220. The Labute approximate surface area is 203 Å². The molecule has 1 heterocycles. The van der Waals surface area contributed by atoms with Crippen molar-refractivity contribution in [3.05, 3.63) is 48.0 Å². The number of hydrazine groups is 1. The monoisotopic (exact) mass is 483 g/mol. The van der Waals surface area contributed by atoms with E-state index in [1.165, 1.54) is 33.5 Å². The smallest absolute Gasteiger partial charge is 0.270 e. The van der Waals surface area contributed by atoms with Crippen LogP contribution in [-0.2, 0) is 14.4 Å². The average Bonchev–Trinajstić information content (AvgIpc) is 3.18. The van der Waals surface area contributed by atoms with E-state index in [-0.39, 0.29) is 12.0 Å². The second-order valence-electron chi connectivity index (χ2n) is 8.01. The van der Waals surface area contributed by atoms with E-state index in [0.717, 1.165) is 9.91 Å². The Bertz CT molecular complexity index is 1120. The number of carbonyl (C=O) groups excluding carboxylic acids is 4. The number of amides is 4. The first-order valence-corrected chi connectivity index (χ1v) is 11.1. The van der Waals surface area contributed by atoms with Gasteiger partial charge in [0.2, 0.25) is 11.8 Å². The summed E-state index contributed by atoms with van der Waals surface area (Å²) in [5, 5.41) is 0.983. The van der Waals surface area contributed by atoms with Crippen LogP contribution in [0, 0.1) is 5.92 Å². The van der Waals surface area contributed by atoms with E-state index in [9.17, 15) is 19.2 Å². The summed E-state index contributed by atoms with van der Waals surface area (Å²) in [7, 11) is 4.42. The molecule has 1 saturated heterocycles. The summed E-state index contributed by atoms with van der Waals surface area (Å²) in [5.41, 5.74) is 3.09. The Morgan fingerprint density at radius 3 is 2.26 bits per heavy atom. The second kappa shape index (κ2) is 10.9. The first-order chi connectivity index (χ1) is 16.7. The average molecular weight is 484 g/mol. The van der Waals surface area contributed by atoms with Crippen molar-refractivity contribution in [2.45, 2.75) is 32.7 Å². The lowest BCUT2D eigenvalue weighted by molar-refractivity contribution is -0.144. The summed E-state index contributed by atoms with van der Waals surface area (Å²) >= 11 is 0. The molecule has 0 unspecified atom stereocenters. The summed E-state index contributed by atoms with van der Waals surface area (Å²) in [4.78, 5) is 53.4. The van der Waals surface area contributed by atoms with Crippen LogP contribution in [0.3, 0.4) is 0 Å². The van der Waals surface area contributed by atoms with Gasteiger partial charge >= 0.3 is 0 Å². The van der Waals surface area contributed by atoms with E-state index >= 15 is 0 Å². The lowest BCUT2D eigenvalue weighted by Gasteiger charge is -2.30. The van der Waals surface area contributed by atoms with Gasteiger partial charge in [-0.05, 0) is 48.9 Å². The molecule has 2 aromatic rings. The van der Waals surface area contributed by atoms with E-state index in [2.05, 4.69) is 5.43 Å². The van der Waals surface area contributed by atoms with Gasteiger partial charge in [0.05, 0.1) is 33.4 Å².